The van der Waals surface area contributed by atoms with Crippen molar-refractivity contribution in [3.8, 4) is 6.01 Å². The monoisotopic (exact) mass is 194 g/mol. The molecule has 0 aliphatic rings. The van der Waals surface area contributed by atoms with Crippen molar-refractivity contribution in [2.24, 2.45) is 0 Å². The van der Waals surface area contributed by atoms with Crippen LogP contribution in [-0.2, 0) is 0 Å². The van der Waals surface area contributed by atoms with Crippen LogP contribution in [-0.4, -0.2) is 16.6 Å². The lowest BCUT2D eigenvalue weighted by molar-refractivity contribution is 0.291. The highest BCUT2D eigenvalue weighted by molar-refractivity contribution is 5.11. The molecule has 0 bridgehead atoms. The molecule has 1 rings (SSSR count). The minimum absolute atomic E-state index is 0.485. The maximum absolute atomic E-state index is 5.30. The van der Waals surface area contributed by atoms with Gasteiger partial charge in [-0.3, -0.25) is 0 Å². The van der Waals surface area contributed by atoms with Crippen molar-refractivity contribution < 1.29 is 4.74 Å². The van der Waals surface area contributed by atoms with Gasteiger partial charge in [0.1, 0.15) is 0 Å². The predicted octanol–water partition coefficient (Wildman–Crippen LogP) is 2.78. The van der Waals surface area contributed by atoms with Gasteiger partial charge in [-0.05, 0) is 24.3 Å². The third-order valence-electron chi connectivity index (χ3n) is 2.26. The van der Waals surface area contributed by atoms with E-state index in [0.717, 1.165) is 12.8 Å². The van der Waals surface area contributed by atoms with Crippen LogP contribution < -0.4 is 4.74 Å². The Morgan fingerprint density at radius 1 is 1.29 bits per heavy atom. The largest absolute Gasteiger partial charge is 0.463 e. The summed E-state index contributed by atoms with van der Waals surface area (Å²) in [5.41, 5.74) is 1.18. The quantitative estimate of drug-likeness (QED) is 0.723. The van der Waals surface area contributed by atoms with E-state index < -0.39 is 0 Å². The number of aromatic nitrogens is 2. The molecule has 1 heterocycles. The fraction of sp³-hybridized carbons (Fsp3) is 0.636. The third kappa shape index (κ3) is 2.98. The lowest BCUT2D eigenvalue weighted by Crippen LogP contribution is -2.01. The molecular weight excluding hydrogens is 176 g/mol. The molecule has 0 amide bonds. The highest BCUT2D eigenvalue weighted by Gasteiger charge is 2.04. The lowest BCUT2D eigenvalue weighted by atomic mass is 10.0. The molecule has 3 heteroatoms. The third-order valence-corrected chi connectivity index (χ3v) is 2.26. The van der Waals surface area contributed by atoms with Crippen LogP contribution in [0.25, 0.3) is 0 Å². The predicted molar refractivity (Wildman–Crippen MR) is 56.5 cm³/mol. The van der Waals surface area contributed by atoms with E-state index in [2.05, 4.69) is 30.7 Å². The first-order valence-electron chi connectivity index (χ1n) is 5.22. The van der Waals surface area contributed by atoms with Gasteiger partial charge in [0.25, 0.3) is 0 Å². The highest BCUT2D eigenvalue weighted by atomic mass is 16.5. The van der Waals surface area contributed by atoms with Gasteiger partial charge in [-0.1, -0.05) is 20.8 Å². The standard InChI is InChI=1S/C11H18N2O/c1-4-6-14-11-12-7-10(8-13-11)9(3)5-2/h7-9H,4-6H2,1-3H3. The van der Waals surface area contributed by atoms with E-state index in [9.17, 15) is 0 Å². The van der Waals surface area contributed by atoms with Gasteiger partial charge in [0.2, 0.25) is 0 Å². The molecule has 1 atom stereocenters. The summed E-state index contributed by atoms with van der Waals surface area (Å²) < 4.78 is 5.30. The molecule has 0 saturated carbocycles. The van der Waals surface area contributed by atoms with Crippen molar-refractivity contribution >= 4 is 0 Å². The van der Waals surface area contributed by atoms with E-state index in [0.29, 0.717) is 18.5 Å². The van der Waals surface area contributed by atoms with E-state index in [4.69, 9.17) is 4.74 Å². The number of hydrogen-bond donors (Lipinski definition) is 0. The topological polar surface area (TPSA) is 35.0 Å². The van der Waals surface area contributed by atoms with Gasteiger partial charge < -0.3 is 4.74 Å². The van der Waals surface area contributed by atoms with Crippen LogP contribution in [0.15, 0.2) is 12.4 Å². The zero-order valence-electron chi connectivity index (χ0n) is 9.16. The summed E-state index contributed by atoms with van der Waals surface area (Å²) in [5.74, 6) is 0.523. The van der Waals surface area contributed by atoms with E-state index in [1.165, 1.54) is 5.56 Å². The lowest BCUT2D eigenvalue weighted by Gasteiger charge is -2.08. The summed E-state index contributed by atoms with van der Waals surface area (Å²) >= 11 is 0. The van der Waals surface area contributed by atoms with Gasteiger partial charge in [-0.2, -0.15) is 0 Å². The average molecular weight is 194 g/mol. The molecule has 14 heavy (non-hydrogen) atoms. The van der Waals surface area contributed by atoms with Gasteiger partial charge in [-0.25, -0.2) is 9.97 Å². The van der Waals surface area contributed by atoms with Crippen molar-refractivity contribution in [2.45, 2.75) is 39.5 Å². The van der Waals surface area contributed by atoms with Crippen molar-refractivity contribution in [3.63, 3.8) is 0 Å². The van der Waals surface area contributed by atoms with E-state index in [1.807, 2.05) is 12.4 Å². The Morgan fingerprint density at radius 3 is 2.43 bits per heavy atom. The maximum Gasteiger partial charge on any atom is 0.316 e. The van der Waals surface area contributed by atoms with Crippen molar-refractivity contribution in [1.29, 1.82) is 0 Å². The molecule has 1 aromatic rings. The van der Waals surface area contributed by atoms with Crippen LogP contribution in [0.2, 0.25) is 0 Å². The molecule has 0 N–H and O–H groups in total. The molecule has 0 aliphatic heterocycles. The van der Waals surface area contributed by atoms with E-state index in [1.54, 1.807) is 0 Å². The van der Waals surface area contributed by atoms with E-state index >= 15 is 0 Å². The van der Waals surface area contributed by atoms with Crippen LogP contribution in [0.4, 0.5) is 0 Å². The summed E-state index contributed by atoms with van der Waals surface area (Å²) in [6.45, 7) is 7.08. The number of nitrogens with zero attached hydrogens (tertiary/aromatic N) is 2. The molecule has 3 nitrogen and oxygen atoms in total. The second-order valence-corrected chi connectivity index (χ2v) is 3.46. The highest BCUT2D eigenvalue weighted by Crippen LogP contribution is 2.17. The summed E-state index contributed by atoms with van der Waals surface area (Å²) in [5, 5.41) is 0. The fourth-order valence-electron chi connectivity index (χ4n) is 1.08. The molecule has 0 saturated heterocycles. The Balaban J connectivity index is 2.59. The second-order valence-electron chi connectivity index (χ2n) is 3.46. The normalized spacial score (nSPS) is 12.5. The van der Waals surface area contributed by atoms with E-state index in [-0.39, 0.29) is 0 Å². The second kappa shape index (κ2) is 5.58. The van der Waals surface area contributed by atoms with Crippen molar-refractivity contribution in [2.75, 3.05) is 6.61 Å². The van der Waals surface area contributed by atoms with Crippen LogP contribution in [0.3, 0.4) is 0 Å². The van der Waals surface area contributed by atoms with Gasteiger partial charge in [0.05, 0.1) is 6.61 Å². The summed E-state index contributed by atoms with van der Waals surface area (Å²) in [4.78, 5) is 8.30. The first-order chi connectivity index (χ1) is 6.77. The molecule has 1 aromatic heterocycles. The zero-order chi connectivity index (χ0) is 10.4. The Bertz CT molecular complexity index is 258. The maximum atomic E-state index is 5.30. The van der Waals surface area contributed by atoms with Crippen LogP contribution in [0, 0.1) is 0 Å². The zero-order valence-corrected chi connectivity index (χ0v) is 9.16. The number of hydrogen-bond acceptors (Lipinski definition) is 3. The van der Waals surface area contributed by atoms with Gasteiger partial charge in [0.15, 0.2) is 0 Å². The Hall–Kier alpha value is -1.12. The van der Waals surface area contributed by atoms with Crippen molar-refractivity contribution in [3.05, 3.63) is 18.0 Å². The Labute approximate surface area is 85.5 Å². The summed E-state index contributed by atoms with van der Waals surface area (Å²) in [7, 11) is 0. The summed E-state index contributed by atoms with van der Waals surface area (Å²) in [6.07, 6.45) is 5.80. The fourth-order valence-corrected chi connectivity index (χ4v) is 1.08. The SMILES string of the molecule is CCCOc1ncc(C(C)CC)cn1. The van der Waals surface area contributed by atoms with Crippen molar-refractivity contribution in [1.82, 2.24) is 9.97 Å². The smallest absolute Gasteiger partial charge is 0.316 e. The molecule has 0 aliphatic carbocycles. The number of ether oxygens (including phenoxy) is 1. The molecule has 0 spiro atoms. The van der Waals surface area contributed by atoms with Gasteiger partial charge in [-0.15, -0.1) is 0 Å². The van der Waals surface area contributed by atoms with Crippen LogP contribution in [0.5, 0.6) is 6.01 Å². The molecule has 0 radical (unpaired) electrons. The van der Waals surface area contributed by atoms with Crippen LogP contribution in [0.1, 0.15) is 45.1 Å². The van der Waals surface area contributed by atoms with Gasteiger partial charge in [0, 0.05) is 12.4 Å². The minimum atomic E-state index is 0.485. The molecule has 0 aromatic carbocycles. The Morgan fingerprint density at radius 2 is 1.93 bits per heavy atom. The number of rotatable bonds is 5. The van der Waals surface area contributed by atoms with Gasteiger partial charge >= 0.3 is 6.01 Å². The molecule has 1 unspecified atom stereocenters. The average Bonchev–Trinajstić information content (AvgIpc) is 2.26. The molecule has 78 valence electrons. The molecular formula is C11H18N2O. The Kier molecular flexibility index (Phi) is 4.36. The summed E-state index contributed by atoms with van der Waals surface area (Å²) in [6, 6.07) is 0.485. The first kappa shape index (κ1) is 11.0. The minimum Gasteiger partial charge on any atom is -0.463 e. The van der Waals surface area contributed by atoms with Crippen LogP contribution >= 0.6 is 0 Å². The molecule has 0 fully saturated rings. The first-order valence-corrected chi connectivity index (χ1v) is 5.22.